The highest BCUT2D eigenvalue weighted by molar-refractivity contribution is 7.90. The van der Waals surface area contributed by atoms with E-state index in [2.05, 4.69) is 29.5 Å². The van der Waals surface area contributed by atoms with Crippen LogP contribution in [0.25, 0.3) is 0 Å². The van der Waals surface area contributed by atoms with Crippen molar-refractivity contribution in [3.05, 3.63) is 29.8 Å². The minimum Gasteiger partial charge on any atom is -0.357 e. The second-order valence-electron chi connectivity index (χ2n) is 5.39. The maximum atomic E-state index is 11.4. The van der Waals surface area contributed by atoms with E-state index < -0.39 is 9.84 Å². The van der Waals surface area contributed by atoms with Crippen molar-refractivity contribution < 1.29 is 8.42 Å². The van der Waals surface area contributed by atoms with Gasteiger partial charge < -0.3 is 10.6 Å². The Labute approximate surface area is 127 Å². The third-order valence-corrected chi connectivity index (χ3v) is 3.92. The molecule has 0 amide bonds. The molecule has 0 unspecified atom stereocenters. The molecule has 1 aromatic rings. The molecule has 0 heterocycles. The molecule has 0 saturated heterocycles. The molecule has 0 spiro atoms. The van der Waals surface area contributed by atoms with Crippen molar-refractivity contribution in [1.29, 1.82) is 0 Å². The van der Waals surface area contributed by atoms with E-state index in [-0.39, 0.29) is 0 Å². The van der Waals surface area contributed by atoms with Crippen LogP contribution in [-0.4, -0.2) is 33.7 Å². The van der Waals surface area contributed by atoms with Gasteiger partial charge in [-0.3, -0.25) is 0 Å². The van der Waals surface area contributed by atoms with Crippen LogP contribution in [0.3, 0.4) is 0 Å². The summed E-state index contributed by atoms with van der Waals surface area (Å²) in [6.07, 6.45) is 1.21. The van der Waals surface area contributed by atoms with Gasteiger partial charge in [0, 0.05) is 19.3 Å². The van der Waals surface area contributed by atoms with Gasteiger partial charge >= 0.3 is 0 Å². The predicted octanol–water partition coefficient (Wildman–Crippen LogP) is 1.80. The zero-order chi connectivity index (χ0) is 15.9. The lowest BCUT2D eigenvalue weighted by molar-refractivity contribution is 0.602. The van der Waals surface area contributed by atoms with Gasteiger partial charge in [0.15, 0.2) is 15.8 Å². The first-order chi connectivity index (χ1) is 9.82. The Bertz CT molecular complexity index is 563. The summed E-state index contributed by atoms with van der Waals surface area (Å²) in [7, 11) is -3.14. The maximum absolute atomic E-state index is 11.4. The van der Waals surface area contributed by atoms with Crippen LogP contribution in [0.2, 0.25) is 0 Å². The minimum absolute atomic E-state index is 0.333. The molecule has 1 aromatic carbocycles. The van der Waals surface area contributed by atoms with Gasteiger partial charge in [-0.2, -0.15) is 0 Å². The smallest absolute Gasteiger partial charge is 0.191 e. The first-order valence-corrected chi connectivity index (χ1v) is 9.03. The lowest BCUT2D eigenvalue weighted by atomic mass is 10.2. The quantitative estimate of drug-likeness (QED) is 0.621. The van der Waals surface area contributed by atoms with E-state index in [0.29, 0.717) is 17.4 Å². The van der Waals surface area contributed by atoms with Gasteiger partial charge in [-0.25, -0.2) is 13.4 Å². The molecular formula is C15H25N3O2S. The molecule has 0 atom stereocenters. The molecule has 1 rings (SSSR count). The zero-order valence-corrected chi connectivity index (χ0v) is 14.0. The van der Waals surface area contributed by atoms with Gasteiger partial charge in [-0.1, -0.05) is 26.0 Å². The molecule has 0 bridgehead atoms. The van der Waals surface area contributed by atoms with Crippen LogP contribution in [0.15, 0.2) is 34.2 Å². The van der Waals surface area contributed by atoms with Crippen LogP contribution in [0.4, 0.5) is 0 Å². The average molecular weight is 311 g/mol. The van der Waals surface area contributed by atoms with E-state index in [0.717, 1.165) is 24.6 Å². The second kappa shape index (κ2) is 8.02. The topological polar surface area (TPSA) is 70.6 Å². The fourth-order valence-corrected chi connectivity index (χ4v) is 2.29. The molecule has 118 valence electrons. The lowest BCUT2D eigenvalue weighted by Crippen LogP contribution is -2.39. The normalized spacial score (nSPS) is 12.5. The average Bonchev–Trinajstić information content (AvgIpc) is 2.41. The molecule has 0 radical (unpaired) electrons. The molecule has 0 aliphatic heterocycles. The highest BCUT2D eigenvalue weighted by Gasteiger charge is 2.06. The SMILES string of the molecule is CCNC(=NCc1ccc(S(C)(=O)=O)cc1)NCC(C)C. The summed E-state index contributed by atoms with van der Waals surface area (Å²) in [6.45, 7) is 8.47. The number of aliphatic imine (C=N–C) groups is 1. The molecular weight excluding hydrogens is 286 g/mol. The Kier molecular flexibility index (Phi) is 6.68. The molecule has 0 aromatic heterocycles. The highest BCUT2D eigenvalue weighted by Crippen LogP contribution is 2.10. The summed E-state index contributed by atoms with van der Waals surface area (Å²) < 4.78 is 22.8. The van der Waals surface area contributed by atoms with Gasteiger partial charge in [0.2, 0.25) is 0 Å². The van der Waals surface area contributed by atoms with Gasteiger partial charge in [0.05, 0.1) is 11.4 Å². The number of benzene rings is 1. The molecule has 6 heteroatoms. The number of nitrogens with zero attached hydrogens (tertiary/aromatic N) is 1. The Morgan fingerprint density at radius 2 is 1.81 bits per heavy atom. The summed E-state index contributed by atoms with van der Waals surface area (Å²) in [5.41, 5.74) is 0.976. The predicted molar refractivity (Wildman–Crippen MR) is 87.2 cm³/mol. The molecule has 5 nitrogen and oxygen atoms in total. The van der Waals surface area contributed by atoms with Crippen LogP contribution in [-0.2, 0) is 16.4 Å². The first kappa shape index (κ1) is 17.5. The fourth-order valence-electron chi connectivity index (χ4n) is 1.65. The molecule has 0 aliphatic carbocycles. The van der Waals surface area contributed by atoms with Gasteiger partial charge in [-0.15, -0.1) is 0 Å². The van der Waals surface area contributed by atoms with Crippen LogP contribution in [0, 0.1) is 5.92 Å². The van der Waals surface area contributed by atoms with Crippen LogP contribution >= 0.6 is 0 Å². The van der Waals surface area contributed by atoms with Crippen molar-refractivity contribution in [1.82, 2.24) is 10.6 Å². The van der Waals surface area contributed by atoms with Gasteiger partial charge in [0.25, 0.3) is 0 Å². The van der Waals surface area contributed by atoms with E-state index in [1.807, 2.05) is 6.92 Å². The third kappa shape index (κ3) is 6.62. The second-order valence-corrected chi connectivity index (χ2v) is 7.40. The highest BCUT2D eigenvalue weighted by atomic mass is 32.2. The van der Waals surface area contributed by atoms with E-state index in [9.17, 15) is 8.42 Å². The van der Waals surface area contributed by atoms with Gasteiger partial charge in [-0.05, 0) is 30.5 Å². The number of hydrogen-bond donors (Lipinski definition) is 2. The summed E-state index contributed by atoms with van der Waals surface area (Å²) in [4.78, 5) is 4.83. The van der Waals surface area contributed by atoms with E-state index in [1.165, 1.54) is 6.26 Å². The monoisotopic (exact) mass is 311 g/mol. The molecule has 2 N–H and O–H groups in total. The van der Waals surface area contributed by atoms with E-state index >= 15 is 0 Å². The van der Waals surface area contributed by atoms with Gasteiger partial charge in [0.1, 0.15) is 0 Å². The number of nitrogens with one attached hydrogen (secondary N) is 2. The summed E-state index contributed by atoms with van der Waals surface area (Å²) in [6, 6.07) is 6.83. The van der Waals surface area contributed by atoms with E-state index in [4.69, 9.17) is 0 Å². The largest absolute Gasteiger partial charge is 0.357 e. The number of rotatable bonds is 6. The van der Waals surface area contributed by atoms with Crippen molar-refractivity contribution in [3.63, 3.8) is 0 Å². The molecule has 0 aliphatic rings. The van der Waals surface area contributed by atoms with Crippen LogP contribution in [0.5, 0.6) is 0 Å². The van der Waals surface area contributed by atoms with E-state index in [1.54, 1.807) is 24.3 Å². The van der Waals surface area contributed by atoms with Crippen LogP contribution in [0.1, 0.15) is 26.3 Å². The molecule has 21 heavy (non-hydrogen) atoms. The Morgan fingerprint density at radius 3 is 2.29 bits per heavy atom. The van der Waals surface area contributed by atoms with Crippen molar-refractivity contribution in [2.75, 3.05) is 19.3 Å². The summed E-state index contributed by atoms with van der Waals surface area (Å²) >= 11 is 0. The van der Waals surface area contributed by atoms with Crippen molar-refractivity contribution in [2.24, 2.45) is 10.9 Å². The number of guanidine groups is 1. The van der Waals surface area contributed by atoms with Crippen LogP contribution < -0.4 is 10.6 Å². The molecule has 0 saturated carbocycles. The third-order valence-electron chi connectivity index (χ3n) is 2.79. The fraction of sp³-hybridized carbons (Fsp3) is 0.533. The summed E-state index contributed by atoms with van der Waals surface area (Å²) in [5.74, 6) is 1.32. The maximum Gasteiger partial charge on any atom is 0.191 e. The minimum atomic E-state index is -3.14. The standard InChI is InChI=1S/C15H25N3O2S/c1-5-16-15(17-10-12(2)3)18-11-13-6-8-14(9-7-13)21(4,19)20/h6-9,12H,5,10-11H2,1-4H3,(H2,16,17,18). The Morgan fingerprint density at radius 1 is 1.19 bits per heavy atom. The van der Waals surface area contributed by atoms with Crippen molar-refractivity contribution in [3.8, 4) is 0 Å². The first-order valence-electron chi connectivity index (χ1n) is 7.14. The Balaban J connectivity index is 2.71. The zero-order valence-electron chi connectivity index (χ0n) is 13.2. The molecule has 0 fully saturated rings. The number of hydrogen-bond acceptors (Lipinski definition) is 3. The number of sulfone groups is 1. The van der Waals surface area contributed by atoms with Crippen molar-refractivity contribution in [2.45, 2.75) is 32.2 Å². The van der Waals surface area contributed by atoms with Crippen molar-refractivity contribution >= 4 is 15.8 Å². The lowest BCUT2D eigenvalue weighted by Gasteiger charge is -2.13. The Hall–Kier alpha value is -1.56. The summed E-state index contributed by atoms with van der Waals surface area (Å²) in [5, 5.41) is 6.46.